The van der Waals surface area contributed by atoms with Crippen LogP contribution in [0, 0.1) is 6.92 Å². The first-order valence-electron chi connectivity index (χ1n) is 8.86. The number of aromatic nitrogens is 1. The zero-order valence-corrected chi connectivity index (χ0v) is 16.9. The Kier molecular flexibility index (Phi) is 6.86. The van der Waals surface area contributed by atoms with E-state index in [4.69, 9.17) is 9.47 Å². The van der Waals surface area contributed by atoms with E-state index in [-0.39, 0.29) is 0 Å². The highest BCUT2D eigenvalue weighted by atomic mass is 32.2. The lowest BCUT2D eigenvalue weighted by molar-refractivity contribution is -0.119. The quantitative estimate of drug-likeness (QED) is 0.586. The minimum absolute atomic E-state index is 0.312. The largest absolute Gasteiger partial charge is 0.497 e. The van der Waals surface area contributed by atoms with Crippen LogP contribution in [0.15, 0.2) is 76.8 Å². The smallest absolute Gasteiger partial charge is 0.341 e. The number of methoxy groups -OCH3 is 1. The Balaban J connectivity index is 1.61. The first-order valence-corrected chi connectivity index (χ1v) is 9.67. The van der Waals surface area contributed by atoms with Crippen molar-refractivity contribution in [2.75, 3.05) is 19.0 Å². The third-order valence-electron chi connectivity index (χ3n) is 3.91. The Bertz CT molecular complexity index is 1010. The predicted octanol–water partition coefficient (Wildman–Crippen LogP) is 4.35. The molecule has 0 spiro atoms. The molecule has 6 nitrogen and oxygen atoms in total. The van der Waals surface area contributed by atoms with Crippen molar-refractivity contribution in [2.24, 2.45) is 0 Å². The van der Waals surface area contributed by atoms with Crippen LogP contribution in [0.3, 0.4) is 0 Å². The van der Waals surface area contributed by atoms with Crippen molar-refractivity contribution >= 4 is 29.3 Å². The van der Waals surface area contributed by atoms with Gasteiger partial charge in [-0.25, -0.2) is 9.78 Å². The minimum Gasteiger partial charge on any atom is -0.497 e. The topological polar surface area (TPSA) is 77.5 Å². The van der Waals surface area contributed by atoms with Crippen LogP contribution in [0.1, 0.15) is 15.9 Å². The number of amides is 1. The maximum absolute atomic E-state index is 12.5. The van der Waals surface area contributed by atoms with E-state index in [2.05, 4.69) is 10.3 Å². The zero-order valence-electron chi connectivity index (χ0n) is 16.0. The van der Waals surface area contributed by atoms with Crippen LogP contribution in [-0.2, 0) is 9.53 Å². The molecule has 0 aliphatic carbocycles. The van der Waals surface area contributed by atoms with Gasteiger partial charge in [-0.1, -0.05) is 35.5 Å². The van der Waals surface area contributed by atoms with Crippen LogP contribution >= 0.6 is 11.8 Å². The van der Waals surface area contributed by atoms with E-state index >= 15 is 0 Å². The number of nitrogens with zero attached hydrogens (tertiary/aromatic N) is 1. The van der Waals surface area contributed by atoms with Crippen molar-refractivity contribution < 1.29 is 19.1 Å². The number of rotatable bonds is 7. The number of anilines is 1. The molecule has 148 valence electrons. The molecule has 0 fully saturated rings. The van der Waals surface area contributed by atoms with E-state index in [0.717, 1.165) is 10.5 Å². The van der Waals surface area contributed by atoms with E-state index in [9.17, 15) is 9.59 Å². The Morgan fingerprint density at radius 2 is 1.86 bits per heavy atom. The van der Waals surface area contributed by atoms with Gasteiger partial charge in [0.25, 0.3) is 5.91 Å². The molecule has 0 aliphatic heterocycles. The van der Waals surface area contributed by atoms with Crippen molar-refractivity contribution in [1.82, 2.24) is 4.98 Å². The summed E-state index contributed by atoms with van der Waals surface area (Å²) in [5, 5.41) is 3.19. The molecule has 7 heteroatoms. The molecule has 0 saturated carbocycles. The molecule has 0 radical (unpaired) electrons. The monoisotopic (exact) mass is 408 g/mol. The Labute approximate surface area is 173 Å². The van der Waals surface area contributed by atoms with Gasteiger partial charge in [0.15, 0.2) is 6.61 Å². The predicted molar refractivity (Wildman–Crippen MR) is 111 cm³/mol. The summed E-state index contributed by atoms with van der Waals surface area (Å²) in [4.78, 5) is 29.8. The van der Waals surface area contributed by atoms with Gasteiger partial charge in [-0.3, -0.25) is 4.79 Å². The maximum atomic E-state index is 12.5. The molecule has 29 heavy (non-hydrogen) atoms. The number of nitrogens with one attached hydrogen (secondary N) is 1. The molecule has 0 aliphatic rings. The average molecular weight is 408 g/mol. The standard InChI is InChI=1S/C22H20N2O4S/c1-15-8-10-18(11-9-15)29-21-19(7-4-12-23-21)22(26)28-14-20(25)24-16-5-3-6-17(13-16)27-2/h3-13H,14H2,1-2H3,(H,24,25). The molecule has 1 heterocycles. The van der Waals surface area contributed by atoms with Crippen molar-refractivity contribution in [3.8, 4) is 5.75 Å². The number of aryl methyl sites for hydroxylation is 1. The highest BCUT2D eigenvalue weighted by Crippen LogP contribution is 2.29. The summed E-state index contributed by atoms with van der Waals surface area (Å²) in [6.07, 6.45) is 1.61. The molecule has 1 aromatic heterocycles. The summed E-state index contributed by atoms with van der Waals surface area (Å²) in [5.41, 5.74) is 2.02. The summed E-state index contributed by atoms with van der Waals surface area (Å²) in [7, 11) is 1.54. The van der Waals surface area contributed by atoms with Gasteiger partial charge in [-0.2, -0.15) is 0 Å². The molecule has 0 atom stereocenters. The van der Waals surface area contributed by atoms with Gasteiger partial charge >= 0.3 is 5.97 Å². The van der Waals surface area contributed by atoms with E-state index in [1.165, 1.54) is 11.8 Å². The Hall–Kier alpha value is -3.32. The summed E-state index contributed by atoms with van der Waals surface area (Å²) in [6.45, 7) is 1.61. The number of hydrogen-bond donors (Lipinski definition) is 1. The van der Waals surface area contributed by atoms with Gasteiger partial charge in [0, 0.05) is 22.8 Å². The summed E-state index contributed by atoms with van der Waals surface area (Å²) < 4.78 is 10.3. The molecule has 0 bridgehead atoms. The second-order valence-corrected chi connectivity index (χ2v) is 7.19. The molecular formula is C22H20N2O4S. The van der Waals surface area contributed by atoms with Crippen molar-refractivity contribution in [1.29, 1.82) is 0 Å². The van der Waals surface area contributed by atoms with Crippen LogP contribution in [0.4, 0.5) is 5.69 Å². The van der Waals surface area contributed by atoms with Gasteiger partial charge in [0.2, 0.25) is 0 Å². The van der Waals surface area contributed by atoms with Gasteiger partial charge in [-0.05, 0) is 43.3 Å². The van der Waals surface area contributed by atoms with E-state index in [1.807, 2.05) is 31.2 Å². The molecule has 3 aromatic rings. The lowest BCUT2D eigenvalue weighted by atomic mass is 10.2. The molecule has 2 aromatic carbocycles. The maximum Gasteiger partial charge on any atom is 0.341 e. The summed E-state index contributed by atoms with van der Waals surface area (Å²) >= 11 is 1.37. The number of carbonyl (C=O) groups excluding carboxylic acids is 2. The van der Waals surface area contributed by atoms with Crippen LogP contribution in [0.25, 0.3) is 0 Å². The molecule has 1 N–H and O–H groups in total. The summed E-state index contributed by atoms with van der Waals surface area (Å²) in [5.74, 6) is -0.426. The second-order valence-electron chi connectivity index (χ2n) is 6.13. The molecule has 0 unspecified atom stereocenters. The van der Waals surface area contributed by atoms with E-state index in [0.29, 0.717) is 22.0 Å². The lowest BCUT2D eigenvalue weighted by Gasteiger charge is -2.10. The van der Waals surface area contributed by atoms with Gasteiger partial charge in [-0.15, -0.1) is 0 Å². The fraction of sp³-hybridized carbons (Fsp3) is 0.136. The number of benzene rings is 2. The van der Waals surface area contributed by atoms with Crippen LogP contribution < -0.4 is 10.1 Å². The molecule has 1 amide bonds. The zero-order chi connectivity index (χ0) is 20.6. The van der Waals surface area contributed by atoms with Crippen LogP contribution in [0.2, 0.25) is 0 Å². The van der Waals surface area contributed by atoms with Crippen LogP contribution in [0.5, 0.6) is 5.75 Å². The summed E-state index contributed by atoms with van der Waals surface area (Å²) in [6, 6.07) is 18.1. The molecule has 3 rings (SSSR count). The third kappa shape index (κ3) is 5.83. The Morgan fingerprint density at radius 3 is 2.62 bits per heavy atom. The number of ether oxygens (including phenoxy) is 2. The fourth-order valence-electron chi connectivity index (χ4n) is 2.45. The number of pyridine rings is 1. The van der Waals surface area contributed by atoms with E-state index in [1.54, 1.807) is 49.7 Å². The molecule has 0 saturated heterocycles. The first kappa shape index (κ1) is 20.4. The normalized spacial score (nSPS) is 10.3. The third-order valence-corrected chi connectivity index (χ3v) is 4.94. The van der Waals surface area contributed by atoms with E-state index < -0.39 is 18.5 Å². The fourth-order valence-corrected chi connectivity index (χ4v) is 3.32. The van der Waals surface area contributed by atoms with Gasteiger partial charge in [0.1, 0.15) is 10.8 Å². The average Bonchev–Trinajstić information content (AvgIpc) is 2.74. The van der Waals surface area contributed by atoms with Gasteiger partial charge in [0.05, 0.1) is 12.7 Å². The molecular weight excluding hydrogens is 388 g/mol. The lowest BCUT2D eigenvalue weighted by Crippen LogP contribution is -2.21. The second kappa shape index (κ2) is 9.75. The number of hydrogen-bond acceptors (Lipinski definition) is 6. The highest BCUT2D eigenvalue weighted by Gasteiger charge is 2.16. The van der Waals surface area contributed by atoms with Crippen molar-refractivity contribution in [3.05, 3.63) is 78.0 Å². The number of esters is 1. The highest BCUT2D eigenvalue weighted by molar-refractivity contribution is 7.99. The Morgan fingerprint density at radius 1 is 1.07 bits per heavy atom. The SMILES string of the molecule is COc1cccc(NC(=O)COC(=O)c2cccnc2Sc2ccc(C)cc2)c1. The minimum atomic E-state index is -0.603. The van der Waals surface area contributed by atoms with Gasteiger partial charge < -0.3 is 14.8 Å². The van der Waals surface area contributed by atoms with Crippen molar-refractivity contribution in [3.63, 3.8) is 0 Å². The number of carbonyl (C=O) groups is 2. The van der Waals surface area contributed by atoms with Crippen molar-refractivity contribution in [2.45, 2.75) is 16.8 Å². The van der Waals surface area contributed by atoms with Crippen LogP contribution in [-0.4, -0.2) is 30.6 Å². The first-order chi connectivity index (χ1) is 14.0.